The van der Waals surface area contributed by atoms with E-state index in [-0.39, 0.29) is 0 Å². The predicted molar refractivity (Wildman–Crippen MR) is 108 cm³/mol. The summed E-state index contributed by atoms with van der Waals surface area (Å²) in [5.74, 6) is 0. The van der Waals surface area contributed by atoms with Gasteiger partial charge in [-0.15, -0.1) is 11.3 Å². The first-order chi connectivity index (χ1) is 13.2. The standard InChI is InChI=1S/C19H15ClN4O2S/c20-13-3-1-2-12(10-13)11-23-19(25)26-18-16(6-9-27-18)24-15-5-8-22-17-14(15)4-7-21-17/h1-10H,11H2,(H,23,25)(H2,21,22,24). The van der Waals surface area contributed by atoms with Gasteiger partial charge in [0.2, 0.25) is 5.06 Å². The number of ether oxygens (including phenoxy) is 1. The molecule has 8 heteroatoms. The largest absolute Gasteiger partial charge is 0.413 e. The average molecular weight is 399 g/mol. The molecule has 0 atom stereocenters. The number of H-pyrrole nitrogens is 1. The fourth-order valence-electron chi connectivity index (χ4n) is 2.62. The Hall–Kier alpha value is -3.03. The molecule has 1 amide bonds. The van der Waals surface area contributed by atoms with Crippen molar-refractivity contribution < 1.29 is 9.53 Å². The first kappa shape index (κ1) is 17.4. The van der Waals surface area contributed by atoms with Gasteiger partial charge in [0.25, 0.3) is 0 Å². The van der Waals surface area contributed by atoms with E-state index in [4.69, 9.17) is 16.3 Å². The zero-order valence-corrected chi connectivity index (χ0v) is 15.6. The monoisotopic (exact) mass is 398 g/mol. The molecule has 27 heavy (non-hydrogen) atoms. The quantitative estimate of drug-likeness (QED) is 0.425. The molecule has 0 aliphatic rings. The number of aromatic amines is 1. The molecule has 3 heterocycles. The molecule has 0 spiro atoms. The topological polar surface area (TPSA) is 79.0 Å². The summed E-state index contributed by atoms with van der Waals surface area (Å²) in [6.07, 6.45) is 3.02. The number of nitrogens with zero attached hydrogens (tertiary/aromatic N) is 1. The number of rotatable bonds is 5. The number of benzene rings is 1. The Morgan fingerprint density at radius 1 is 1.22 bits per heavy atom. The summed E-state index contributed by atoms with van der Waals surface area (Å²) >= 11 is 7.29. The molecule has 1 aromatic carbocycles. The third-order valence-electron chi connectivity index (χ3n) is 3.87. The molecule has 0 saturated heterocycles. The van der Waals surface area contributed by atoms with Crippen molar-refractivity contribution in [1.82, 2.24) is 15.3 Å². The van der Waals surface area contributed by atoms with E-state index in [1.807, 2.05) is 41.9 Å². The van der Waals surface area contributed by atoms with E-state index >= 15 is 0 Å². The number of aromatic nitrogens is 2. The van der Waals surface area contributed by atoms with Crippen molar-refractivity contribution in [3.63, 3.8) is 0 Å². The minimum absolute atomic E-state index is 0.335. The first-order valence-electron chi connectivity index (χ1n) is 8.16. The summed E-state index contributed by atoms with van der Waals surface area (Å²) < 4.78 is 5.45. The normalized spacial score (nSPS) is 10.7. The minimum atomic E-state index is -0.526. The van der Waals surface area contributed by atoms with Crippen molar-refractivity contribution in [2.24, 2.45) is 0 Å². The third kappa shape index (κ3) is 4.05. The molecule has 6 nitrogen and oxygen atoms in total. The fraction of sp³-hybridized carbons (Fsp3) is 0.0526. The molecule has 0 aliphatic carbocycles. The summed E-state index contributed by atoms with van der Waals surface area (Å²) in [6.45, 7) is 0.335. The van der Waals surface area contributed by atoms with Gasteiger partial charge >= 0.3 is 6.09 Å². The van der Waals surface area contributed by atoms with Crippen LogP contribution in [0, 0.1) is 0 Å². The smallest absolute Gasteiger partial charge is 0.397 e. The van der Waals surface area contributed by atoms with Crippen molar-refractivity contribution in [2.75, 3.05) is 5.32 Å². The number of hydrogen-bond acceptors (Lipinski definition) is 5. The summed E-state index contributed by atoms with van der Waals surface area (Å²) in [6, 6.07) is 13.0. The summed E-state index contributed by atoms with van der Waals surface area (Å²) in [5.41, 5.74) is 3.28. The number of thiophene rings is 1. The van der Waals surface area contributed by atoms with Crippen LogP contribution in [0.1, 0.15) is 5.56 Å². The molecule has 0 bridgehead atoms. The number of pyridine rings is 1. The van der Waals surface area contributed by atoms with Crippen molar-refractivity contribution in [1.29, 1.82) is 0 Å². The van der Waals surface area contributed by atoms with Crippen LogP contribution < -0.4 is 15.4 Å². The Bertz CT molecular complexity index is 1090. The Balaban J connectivity index is 1.43. The molecular formula is C19H15ClN4O2S. The van der Waals surface area contributed by atoms with Gasteiger partial charge in [-0.3, -0.25) is 0 Å². The molecule has 4 aromatic rings. The van der Waals surface area contributed by atoms with E-state index in [2.05, 4.69) is 20.6 Å². The minimum Gasteiger partial charge on any atom is -0.397 e. The summed E-state index contributed by atoms with van der Waals surface area (Å²) in [4.78, 5) is 19.5. The van der Waals surface area contributed by atoms with Crippen LogP contribution in [-0.4, -0.2) is 16.1 Å². The number of carbonyl (C=O) groups excluding carboxylic acids is 1. The lowest BCUT2D eigenvalue weighted by Gasteiger charge is -2.10. The lowest BCUT2D eigenvalue weighted by atomic mass is 10.2. The lowest BCUT2D eigenvalue weighted by Crippen LogP contribution is -2.26. The molecule has 3 N–H and O–H groups in total. The molecule has 0 saturated carbocycles. The van der Waals surface area contributed by atoms with E-state index in [1.165, 1.54) is 11.3 Å². The van der Waals surface area contributed by atoms with Gasteiger partial charge in [-0.1, -0.05) is 23.7 Å². The van der Waals surface area contributed by atoms with Gasteiger partial charge in [-0.05, 0) is 41.3 Å². The van der Waals surface area contributed by atoms with Crippen molar-refractivity contribution in [2.45, 2.75) is 6.54 Å². The maximum absolute atomic E-state index is 12.1. The highest BCUT2D eigenvalue weighted by Crippen LogP contribution is 2.35. The SMILES string of the molecule is O=C(NCc1cccc(Cl)c1)Oc1sccc1Nc1ccnc2[nH]ccc12. The first-order valence-corrected chi connectivity index (χ1v) is 9.41. The third-order valence-corrected chi connectivity index (χ3v) is 4.90. The van der Waals surface area contributed by atoms with Crippen LogP contribution in [0.3, 0.4) is 0 Å². The van der Waals surface area contributed by atoms with Crippen LogP contribution in [0.5, 0.6) is 5.06 Å². The van der Waals surface area contributed by atoms with Crippen LogP contribution in [0.4, 0.5) is 16.2 Å². The second-order valence-electron chi connectivity index (χ2n) is 5.72. The molecule has 3 aromatic heterocycles. The molecule has 0 radical (unpaired) electrons. The maximum Gasteiger partial charge on any atom is 0.413 e. The summed E-state index contributed by atoms with van der Waals surface area (Å²) in [7, 11) is 0. The molecule has 0 fully saturated rings. The van der Waals surface area contributed by atoms with Crippen LogP contribution in [0.2, 0.25) is 5.02 Å². The Morgan fingerprint density at radius 3 is 3.04 bits per heavy atom. The molecule has 136 valence electrons. The second kappa shape index (κ2) is 7.69. The van der Waals surface area contributed by atoms with Gasteiger partial charge in [0.1, 0.15) is 5.65 Å². The van der Waals surface area contributed by atoms with Gasteiger partial charge in [0.05, 0.1) is 11.4 Å². The number of fused-ring (bicyclic) bond motifs is 1. The van der Waals surface area contributed by atoms with E-state index in [0.717, 1.165) is 22.3 Å². The van der Waals surface area contributed by atoms with Gasteiger partial charge in [-0.25, -0.2) is 9.78 Å². The maximum atomic E-state index is 12.1. The van der Waals surface area contributed by atoms with Crippen LogP contribution >= 0.6 is 22.9 Å². The number of halogens is 1. The van der Waals surface area contributed by atoms with Gasteiger partial charge in [0, 0.05) is 29.3 Å². The number of amides is 1. The van der Waals surface area contributed by atoms with E-state index in [0.29, 0.717) is 22.3 Å². The average Bonchev–Trinajstić information content (AvgIpc) is 3.30. The Morgan fingerprint density at radius 2 is 2.15 bits per heavy atom. The second-order valence-corrected chi connectivity index (χ2v) is 7.03. The zero-order chi connectivity index (χ0) is 18.6. The lowest BCUT2D eigenvalue weighted by molar-refractivity contribution is 0.201. The van der Waals surface area contributed by atoms with E-state index < -0.39 is 6.09 Å². The highest BCUT2D eigenvalue weighted by Gasteiger charge is 2.12. The van der Waals surface area contributed by atoms with Crippen LogP contribution in [0.25, 0.3) is 11.0 Å². The number of hydrogen-bond donors (Lipinski definition) is 3. The van der Waals surface area contributed by atoms with Gasteiger partial charge in [-0.2, -0.15) is 0 Å². The summed E-state index contributed by atoms with van der Waals surface area (Å²) in [5, 5.41) is 9.95. The molecule has 4 rings (SSSR count). The van der Waals surface area contributed by atoms with Crippen LogP contribution in [-0.2, 0) is 6.54 Å². The Kier molecular flexibility index (Phi) is 4.95. The van der Waals surface area contributed by atoms with Gasteiger partial charge < -0.3 is 20.4 Å². The molecule has 0 unspecified atom stereocenters. The molecular weight excluding hydrogens is 384 g/mol. The van der Waals surface area contributed by atoms with E-state index in [9.17, 15) is 4.79 Å². The highest BCUT2D eigenvalue weighted by atomic mass is 35.5. The molecule has 0 aliphatic heterocycles. The predicted octanol–water partition coefficient (Wildman–Crippen LogP) is 5.31. The Labute approximate surface area is 164 Å². The van der Waals surface area contributed by atoms with Crippen molar-refractivity contribution >= 4 is 51.4 Å². The number of anilines is 2. The van der Waals surface area contributed by atoms with Crippen molar-refractivity contribution in [3.05, 3.63) is 70.8 Å². The fourth-order valence-corrected chi connectivity index (χ4v) is 3.53. The van der Waals surface area contributed by atoms with Crippen molar-refractivity contribution in [3.8, 4) is 5.06 Å². The van der Waals surface area contributed by atoms with Crippen LogP contribution in [0.15, 0.2) is 60.2 Å². The highest BCUT2D eigenvalue weighted by molar-refractivity contribution is 7.12. The zero-order valence-electron chi connectivity index (χ0n) is 14.0. The van der Waals surface area contributed by atoms with Gasteiger partial charge in [0.15, 0.2) is 0 Å². The van der Waals surface area contributed by atoms with E-state index in [1.54, 1.807) is 18.3 Å². The number of nitrogens with one attached hydrogen (secondary N) is 3. The number of carbonyl (C=O) groups is 1.